The van der Waals surface area contributed by atoms with E-state index in [1.807, 2.05) is 37.3 Å². The smallest absolute Gasteiger partial charge is 0.131 e. The number of anilines is 2. The lowest BCUT2D eigenvalue weighted by molar-refractivity contribution is 0.415. The third kappa shape index (κ3) is 3.46. The van der Waals surface area contributed by atoms with E-state index in [0.717, 1.165) is 27.2 Å². The van der Waals surface area contributed by atoms with E-state index in [4.69, 9.17) is 22.7 Å². The molecule has 0 unspecified atom stereocenters. The molecule has 0 aliphatic heterocycles. The van der Waals surface area contributed by atoms with Gasteiger partial charge in [0.1, 0.15) is 16.6 Å². The average Bonchev–Trinajstić information content (AvgIpc) is 2.40. The van der Waals surface area contributed by atoms with E-state index in [1.165, 1.54) is 0 Å². The van der Waals surface area contributed by atoms with Crippen LogP contribution in [0.1, 0.15) is 11.3 Å². The Labute approximate surface area is 131 Å². The van der Waals surface area contributed by atoms with Crippen LogP contribution in [0, 0.1) is 6.92 Å². The second kappa shape index (κ2) is 6.19. The fourth-order valence-electron chi connectivity index (χ4n) is 1.74. The minimum Gasteiger partial charge on any atom is -0.497 e. The number of hydrogen-bond donors (Lipinski definition) is 2. The van der Waals surface area contributed by atoms with Gasteiger partial charge in [0, 0.05) is 21.8 Å². The summed E-state index contributed by atoms with van der Waals surface area (Å²) in [6.07, 6.45) is 0. The fourth-order valence-corrected chi connectivity index (χ4v) is 2.20. The third-order valence-electron chi connectivity index (χ3n) is 2.67. The minimum atomic E-state index is 0.350. The Bertz CT molecular complexity index is 661. The lowest BCUT2D eigenvalue weighted by Crippen LogP contribution is -2.10. The first-order valence-corrected chi connectivity index (χ1v) is 7.09. The Hall–Kier alpha value is -1.66. The van der Waals surface area contributed by atoms with Crippen molar-refractivity contribution in [3.63, 3.8) is 0 Å². The van der Waals surface area contributed by atoms with Crippen LogP contribution in [0.3, 0.4) is 0 Å². The molecule has 0 saturated carbocycles. The number of benzene rings is 1. The van der Waals surface area contributed by atoms with Crippen molar-refractivity contribution in [1.82, 2.24) is 4.98 Å². The van der Waals surface area contributed by atoms with E-state index in [0.29, 0.717) is 10.8 Å². The zero-order chi connectivity index (χ0) is 14.7. The molecule has 0 bridgehead atoms. The van der Waals surface area contributed by atoms with Crippen LogP contribution in [-0.2, 0) is 0 Å². The standard InChI is InChI=1S/C14H14BrN3OS/c1-8-5-9(14(16)20)6-13(17-8)18-12-7-10(19-2)3-4-11(12)15/h3-7H,1-2H3,(H2,16,20)(H,17,18). The van der Waals surface area contributed by atoms with Gasteiger partial charge in [-0.1, -0.05) is 12.2 Å². The van der Waals surface area contributed by atoms with Crippen LogP contribution in [0.5, 0.6) is 5.75 Å². The maximum Gasteiger partial charge on any atom is 0.131 e. The lowest BCUT2D eigenvalue weighted by Gasteiger charge is -2.11. The highest BCUT2D eigenvalue weighted by Gasteiger charge is 2.06. The fraction of sp³-hybridized carbons (Fsp3) is 0.143. The van der Waals surface area contributed by atoms with Crippen molar-refractivity contribution in [2.24, 2.45) is 5.73 Å². The predicted molar refractivity (Wildman–Crippen MR) is 88.8 cm³/mol. The number of hydrogen-bond acceptors (Lipinski definition) is 4. The van der Waals surface area contributed by atoms with Gasteiger partial charge in [-0.3, -0.25) is 0 Å². The Morgan fingerprint density at radius 2 is 2.10 bits per heavy atom. The average molecular weight is 352 g/mol. The zero-order valence-corrected chi connectivity index (χ0v) is 13.5. The van der Waals surface area contributed by atoms with E-state index in [1.54, 1.807) is 7.11 Å². The molecule has 0 aliphatic rings. The van der Waals surface area contributed by atoms with Crippen LogP contribution in [0.2, 0.25) is 0 Å². The number of nitrogens with zero attached hydrogens (tertiary/aromatic N) is 1. The Kier molecular flexibility index (Phi) is 4.57. The van der Waals surface area contributed by atoms with Crippen LogP contribution in [0.15, 0.2) is 34.8 Å². The van der Waals surface area contributed by atoms with Crippen molar-refractivity contribution < 1.29 is 4.74 Å². The maximum absolute atomic E-state index is 5.67. The highest BCUT2D eigenvalue weighted by Crippen LogP contribution is 2.29. The van der Waals surface area contributed by atoms with Crippen LogP contribution in [0.4, 0.5) is 11.5 Å². The number of nitrogens with two attached hydrogens (primary N) is 1. The number of halogens is 1. The molecule has 1 heterocycles. The normalized spacial score (nSPS) is 10.2. The number of pyridine rings is 1. The summed E-state index contributed by atoms with van der Waals surface area (Å²) >= 11 is 8.49. The van der Waals surface area contributed by atoms with Crippen molar-refractivity contribution in [1.29, 1.82) is 0 Å². The van der Waals surface area contributed by atoms with Crippen LogP contribution < -0.4 is 15.8 Å². The van der Waals surface area contributed by atoms with Gasteiger partial charge in [0.25, 0.3) is 0 Å². The summed E-state index contributed by atoms with van der Waals surface area (Å²) in [6.45, 7) is 1.90. The zero-order valence-electron chi connectivity index (χ0n) is 11.1. The molecule has 104 valence electrons. The molecule has 1 aromatic carbocycles. The number of aryl methyl sites for hydroxylation is 1. The first kappa shape index (κ1) is 14.7. The molecule has 0 amide bonds. The molecule has 0 spiro atoms. The van der Waals surface area contributed by atoms with E-state index in [9.17, 15) is 0 Å². The van der Waals surface area contributed by atoms with Crippen molar-refractivity contribution in [2.75, 3.05) is 12.4 Å². The molecule has 1 aromatic heterocycles. The first-order chi connectivity index (χ1) is 9.49. The molecular formula is C14H14BrN3OS. The summed E-state index contributed by atoms with van der Waals surface area (Å²) in [5, 5.41) is 3.23. The molecule has 3 N–H and O–H groups in total. The molecule has 0 atom stereocenters. The lowest BCUT2D eigenvalue weighted by atomic mass is 10.2. The van der Waals surface area contributed by atoms with Crippen LogP contribution in [-0.4, -0.2) is 17.1 Å². The molecule has 0 aliphatic carbocycles. The second-order valence-electron chi connectivity index (χ2n) is 4.22. The molecule has 2 rings (SSSR count). The van der Waals surface area contributed by atoms with E-state index >= 15 is 0 Å². The molecule has 0 fully saturated rings. The highest BCUT2D eigenvalue weighted by atomic mass is 79.9. The van der Waals surface area contributed by atoms with Gasteiger partial charge in [-0.05, 0) is 47.1 Å². The molecule has 0 radical (unpaired) electrons. The number of ether oxygens (including phenoxy) is 1. The summed E-state index contributed by atoms with van der Waals surface area (Å²) in [5.41, 5.74) is 8.16. The quantitative estimate of drug-likeness (QED) is 0.825. The minimum absolute atomic E-state index is 0.350. The van der Waals surface area contributed by atoms with Crippen molar-refractivity contribution in [3.8, 4) is 5.75 Å². The van der Waals surface area contributed by atoms with Gasteiger partial charge in [-0.2, -0.15) is 0 Å². The Morgan fingerprint density at radius 3 is 2.75 bits per heavy atom. The molecule has 20 heavy (non-hydrogen) atoms. The van der Waals surface area contributed by atoms with E-state index in [2.05, 4.69) is 26.2 Å². The molecular weight excluding hydrogens is 338 g/mol. The first-order valence-electron chi connectivity index (χ1n) is 5.88. The molecule has 0 saturated heterocycles. The van der Waals surface area contributed by atoms with Gasteiger partial charge < -0.3 is 15.8 Å². The second-order valence-corrected chi connectivity index (χ2v) is 5.51. The summed E-state index contributed by atoms with van der Waals surface area (Å²) < 4.78 is 6.13. The maximum atomic E-state index is 5.67. The van der Waals surface area contributed by atoms with Gasteiger partial charge >= 0.3 is 0 Å². The van der Waals surface area contributed by atoms with Gasteiger partial charge in [0.05, 0.1) is 12.8 Å². The van der Waals surface area contributed by atoms with E-state index in [-0.39, 0.29) is 0 Å². The van der Waals surface area contributed by atoms with Crippen molar-refractivity contribution in [2.45, 2.75) is 6.92 Å². The topological polar surface area (TPSA) is 60.2 Å². The predicted octanol–water partition coefficient (Wildman–Crippen LogP) is 3.54. The number of aromatic nitrogens is 1. The highest BCUT2D eigenvalue weighted by molar-refractivity contribution is 9.10. The summed E-state index contributed by atoms with van der Waals surface area (Å²) in [6, 6.07) is 9.34. The largest absolute Gasteiger partial charge is 0.497 e. The number of rotatable bonds is 4. The van der Waals surface area contributed by atoms with Gasteiger partial charge in [0.15, 0.2) is 0 Å². The molecule has 2 aromatic rings. The van der Waals surface area contributed by atoms with Crippen LogP contribution >= 0.6 is 28.1 Å². The van der Waals surface area contributed by atoms with Gasteiger partial charge in [-0.15, -0.1) is 0 Å². The van der Waals surface area contributed by atoms with Crippen molar-refractivity contribution in [3.05, 3.63) is 46.1 Å². The monoisotopic (exact) mass is 351 g/mol. The van der Waals surface area contributed by atoms with Crippen molar-refractivity contribution >= 4 is 44.6 Å². The van der Waals surface area contributed by atoms with Gasteiger partial charge in [0.2, 0.25) is 0 Å². The van der Waals surface area contributed by atoms with E-state index < -0.39 is 0 Å². The Morgan fingerprint density at radius 1 is 1.35 bits per heavy atom. The SMILES string of the molecule is COc1ccc(Br)c(Nc2cc(C(N)=S)cc(C)n2)c1. The molecule has 4 nitrogen and oxygen atoms in total. The summed E-state index contributed by atoms with van der Waals surface area (Å²) in [4.78, 5) is 4.77. The number of methoxy groups -OCH3 is 1. The molecule has 6 heteroatoms. The third-order valence-corrected chi connectivity index (χ3v) is 3.60. The van der Waals surface area contributed by atoms with Gasteiger partial charge in [-0.25, -0.2) is 4.98 Å². The number of thiocarbonyl (C=S) groups is 1. The Balaban J connectivity index is 2.36. The number of nitrogens with one attached hydrogen (secondary N) is 1. The summed E-state index contributed by atoms with van der Waals surface area (Å²) in [5.74, 6) is 1.44. The van der Waals surface area contributed by atoms with Crippen LogP contribution in [0.25, 0.3) is 0 Å². The summed E-state index contributed by atoms with van der Waals surface area (Å²) in [7, 11) is 1.63.